The molecule has 2 heteroatoms. The van der Waals surface area contributed by atoms with Crippen LogP contribution in [0.5, 0.6) is 0 Å². The van der Waals surface area contributed by atoms with Crippen LogP contribution in [0.25, 0.3) is 43.6 Å². The van der Waals surface area contributed by atoms with Crippen molar-refractivity contribution in [3.05, 3.63) is 72.8 Å². The van der Waals surface area contributed by atoms with Crippen molar-refractivity contribution >= 4 is 43.6 Å². The molecule has 0 fully saturated rings. The van der Waals surface area contributed by atoms with E-state index in [1.807, 2.05) is 18.2 Å². The molecule has 2 nitrogen and oxygen atoms in total. The van der Waals surface area contributed by atoms with Gasteiger partial charge < -0.3 is 0 Å². The summed E-state index contributed by atoms with van der Waals surface area (Å²) in [5.41, 5.74) is 2.79. The molecule has 0 N–H and O–H groups in total. The lowest BCUT2D eigenvalue weighted by atomic mass is 10.1. The minimum atomic E-state index is 0.807. The molecular weight excluding hydrogens is 268 g/mol. The Labute approximate surface area is 127 Å². The second kappa shape index (κ2) is 4.25. The van der Waals surface area contributed by atoms with Gasteiger partial charge in [-0.05, 0) is 41.1 Å². The predicted octanol–water partition coefficient (Wildman–Crippen LogP) is 5.09. The molecule has 3 aromatic carbocycles. The van der Waals surface area contributed by atoms with E-state index in [0.29, 0.717) is 0 Å². The number of hydrogen-bond donors (Lipinski definition) is 0. The average Bonchev–Trinajstić information content (AvgIpc) is 2.56. The summed E-state index contributed by atoms with van der Waals surface area (Å²) in [7, 11) is 0. The summed E-state index contributed by atoms with van der Waals surface area (Å²) in [6.45, 7) is 0. The first kappa shape index (κ1) is 11.6. The molecule has 0 bridgehead atoms. The Morgan fingerprint density at radius 1 is 0.455 bits per heavy atom. The van der Waals surface area contributed by atoms with Crippen molar-refractivity contribution in [1.82, 2.24) is 9.97 Å². The first-order valence-electron chi connectivity index (χ1n) is 7.36. The van der Waals surface area contributed by atoms with E-state index in [0.717, 1.165) is 32.8 Å². The molecule has 0 saturated heterocycles. The minimum absolute atomic E-state index is 0.807. The highest BCUT2D eigenvalue weighted by molar-refractivity contribution is 6.02. The molecule has 22 heavy (non-hydrogen) atoms. The Bertz CT molecular complexity index is 992. The third kappa shape index (κ3) is 1.67. The molecule has 0 radical (unpaired) electrons. The number of aromatic nitrogens is 2. The molecule has 5 rings (SSSR count). The van der Waals surface area contributed by atoms with Crippen molar-refractivity contribution in [2.24, 2.45) is 0 Å². The molecule has 0 amide bonds. The number of hydrogen-bond acceptors (Lipinski definition) is 2. The van der Waals surface area contributed by atoms with Crippen LogP contribution in [-0.2, 0) is 0 Å². The lowest BCUT2D eigenvalue weighted by molar-refractivity contribution is 1.38. The van der Waals surface area contributed by atoms with E-state index in [9.17, 15) is 0 Å². The van der Waals surface area contributed by atoms with Crippen LogP contribution in [0.15, 0.2) is 72.8 Å². The maximum atomic E-state index is 4.77. The molecule has 102 valence electrons. The van der Waals surface area contributed by atoms with Crippen LogP contribution in [0, 0.1) is 0 Å². The minimum Gasteiger partial charge on any atom is -0.228 e. The molecule has 0 unspecified atom stereocenters. The van der Waals surface area contributed by atoms with Crippen LogP contribution in [0.3, 0.4) is 0 Å². The van der Waals surface area contributed by atoms with E-state index in [1.165, 1.54) is 10.8 Å². The van der Waals surface area contributed by atoms with Gasteiger partial charge in [-0.15, -0.1) is 0 Å². The number of nitrogens with zero attached hydrogens (tertiary/aromatic N) is 2. The Hall–Kier alpha value is -3.00. The molecule has 0 aliphatic rings. The van der Waals surface area contributed by atoms with E-state index in [2.05, 4.69) is 54.6 Å². The zero-order chi connectivity index (χ0) is 14.5. The Balaban J connectivity index is 1.93. The summed E-state index contributed by atoms with van der Waals surface area (Å²) in [5, 5.41) is 5.84. The summed E-state index contributed by atoms with van der Waals surface area (Å²) in [4.78, 5) is 9.46. The van der Waals surface area contributed by atoms with Crippen LogP contribution >= 0.6 is 0 Å². The number of rotatable bonds is 0. The van der Waals surface area contributed by atoms with Crippen molar-refractivity contribution in [3.8, 4) is 0 Å². The van der Waals surface area contributed by atoms with Gasteiger partial charge in [-0.25, -0.2) is 9.97 Å². The van der Waals surface area contributed by atoms with Gasteiger partial charge >= 0.3 is 0 Å². The summed E-state index contributed by atoms with van der Waals surface area (Å²) in [5.74, 6) is 0. The molecule has 0 aliphatic carbocycles. The van der Waals surface area contributed by atoms with Gasteiger partial charge in [-0.3, -0.25) is 0 Å². The molecule has 0 atom stereocenters. The van der Waals surface area contributed by atoms with Gasteiger partial charge in [0.25, 0.3) is 0 Å². The van der Waals surface area contributed by atoms with E-state index in [1.54, 1.807) is 0 Å². The Morgan fingerprint density at radius 3 is 1.91 bits per heavy atom. The van der Waals surface area contributed by atoms with E-state index >= 15 is 0 Å². The smallest absolute Gasteiger partial charge is 0.160 e. The fraction of sp³-hybridized carbons (Fsp3) is 0. The standard InChI is InChI=1S/C20H12N2/c1-2-6-14-12-19-16(9-13(14)5-1)11-17-10-15-7-3-4-8-18(15)21-20(17)22-19/h1-12H. The lowest BCUT2D eigenvalue weighted by Crippen LogP contribution is -1.88. The van der Waals surface area contributed by atoms with Crippen LogP contribution in [0.1, 0.15) is 0 Å². The van der Waals surface area contributed by atoms with Crippen molar-refractivity contribution < 1.29 is 0 Å². The highest BCUT2D eigenvalue weighted by atomic mass is 14.8. The van der Waals surface area contributed by atoms with Crippen molar-refractivity contribution in [1.29, 1.82) is 0 Å². The highest BCUT2D eigenvalue weighted by Crippen LogP contribution is 2.26. The van der Waals surface area contributed by atoms with Gasteiger partial charge in [-0.2, -0.15) is 0 Å². The van der Waals surface area contributed by atoms with Crippen molar-refractivity contribution in [2.45, 2.75) is 0 Å². The molecule has 0 spiro atoms. The van der Waals surface area contributed by atoms with Gasteiger partial charge in [-0.1, -0.05) is 42.5 Å². The molecule has 0 aliphatic heterocycles. The van der Waals surface area contributed by atoms with Crippen LogP contribution in [0.2, 0.25) is 0 Å². The number of pyridine rings is 2. The Kier molecular flexibility index (Phi) is 2.25. The molecule has 5 aromatic rings. The van der Waals surface area contributed by atoms with Crippen LogP contribution in [-0.4, -0.2) is 9.97 Å². The quantitative estimate of drug-likeness (QED) is 0.369. The maximum Gasteiger partial charge on any atom is 0.160 e. The predicted molar refractivity (Wildman–Crippen MR) is 92.1 cm³/mol. The van der Waals surface area contributed by atoms with Crippen molar-refractivity contribution in [3.63, 3.8) is 0 Å². The van der Waals surface area contributed by atoms with E-state index in [4.69, 9.17) is 9.97 Å². The average molecular weight is 280 g/mol. The van der Waals surface area contributed by atoms with Gasteiger partial charge in [0.05, 0.1) is 11.0 Å². The second-order valence-corrected chi connectivity index (χ2v) is 5.61. The fourth-order valence-corrected chi connectivity index (χ4v) is 3.06. The second-order valence-electron chi connectivity index (χ2n) is 5.61. The van der Waals surface area contributed by atoms with Crippen LogP contribution < -0.4 is 0 Å². The summed E-state index contributed by atoms with van der Waals surface area (Å²) in [6.07, 6.45) is 0. The molecule has 2 heterocycles. The first-order valence-corrected chi connectivity index (χ1v) is 7.36. The third-order valence-corrected chi connectivity index (χ3v) is 4.16. The van der Waals surface area contributed by atoms with E-state index in [-0.39, 0.29) is 0 Å². The normalized spacial score (nSPS) is 11.6. The number of benzene rings is 3. The van der Waals surface area contributed by atoms with Gasteiger partial charge in [0.1, 0.15) is 0 Å². The summed E-state index contributed by atoms with van der Waals surface area (Å²) in [6, 6.07) is 25.2. The van der Waals surface area contributed by atoms with Gasteiger partial charge in [0, 0.05) is 16.2 Å². The van der Waals surface area contributed by atoms with Crippen LogP contribution in [0.4, 0.5) is 0 Å². The highest BCUT2D eigenvalue weighted by Gasteiger charge is 2.05. The topological polar surface area (TPSA) is 25.8 Å². The molecule has 0 saturated carbocycles. The van der Waals surface area contributed by atoms with Gasteiger partial charge in [0.15, 0.2) is 5.65 Å². The zero-order valence-electron chi connectivity index (χ0n) is 11.8. The number of fused-ring (bicyclic) bond motifs is 4. The number of para-hydroxylation sites is 1. The molecular formula is C20H12N2. The largest absolute Gasteiger partial charge is 0.228 e. The van der Waals surface area contributed by atoms with Crippen molar-refractivity contribution in [2.75, 3.05) is 0 Å². The summed E-state index contributed by atoms with van der Waals surface area (Å²) >= 11 is 0. The van der Waals surface area contributed by atoms with Gasteiger partial charge in [0.2, 0.25) is 0 Å². The molecule has 2 aromatic heterocycles. The lowest BCUT2D eigenvalue weighted by Gasteiger charge is -2.05. The Morgan fingerprint density at radius 2 is 1.05 bits per heavy atom. The summed E-state index contributed by atoms with van der Waals surface area (Å²) < 4.78 is 0. The maximum absolute atomic E-state index is 4.77. The zero-order valence-corrected chi connectivity index (χ0v) is 11.8. The fourth-order valence-electron chi connectivity index (χ4n) is 3.06. The SMILES string of the molecule is c1ccc2cc3nc4nc5ccccc5cc4cc3cc2c1. The monoisotopic (exact) mass is 280 g/mol. The first-order chi connectivity index (χ1) is 10.9. The third-order valence-electron chi connectivity index (χ3n) is 4.16. The van der Waals surface area contributed by atoms with E-state index < -0.39 is 0 Å².